The Hall–Kier alpha value is -4.61. The first-order chi connectivity index (χ1) is 21.1. The van der Waals surface area contributed by atoms with Gasteiger partial charge in [0.2, 0.25) is 5.88 Å². The van der Waals surface area contributed by atoms with Crippen molar-refractivity contribution in [1.82, 2.24) is 19.7 Å². The average Bonchev–Trinajstić information content (AvgIpc) is 3.38. The molecule has 6 rings (SSSR count). The summed E-state index contributed by atoms with van der Waals surface area (Å²) in [5.74, 6) is -1.88. The minimum Gasteiger partial charge on any atom is -0.481 e. The molecular weight excluding hydrogens is 589 g/mol. The van der Waals surface area contributed by atoms with Gasteiger partial charge < -0.3 is 15.2 Å². The van der Waals surface area contributed by atoms with Crippen LogP contribution in [0.3, 0.4) is 0 Å². The lowest BCUT2D eigenvalue weighted by Crippen LogP contribution is -2.51. The lowest BCUT2D eigenvalue weighted by molar-refractivity contribution is -0.148. The first-order valence-corrected chi connectivity index (χ1v) is 14.4. The van der Waals surface area contributed by atoms with Crippen molar-refractivity contribution in [2.24, 2.45) is 13.0 Å². The van der Waals surface area contributed by atoms with Gasteiger partial charge in [-0.25, -0.2) is 14.1 Å². The molecule has 10 nitrogen and oxygen atoms in total. The molecule has 2 aromatic carbocycles. The van der Waals surface area contributed by atoms with Crippen molar-refractivity contribution < 1.29 is 23.8 Å². The van der Waals surface area contributed by atoms with Crippen molar-refractivity contribution in [1.29, 1.82) is 0 Å². The maximum atomic E-state index is 15.5. The van der Waals surface area contributed by atoms with E-state index in [4.69, 9.17) is 21.3 Å². The molecule has 0 spiro atoms. The van der Waals surface area contributed by atoms with E-state index in [0.29, 0.717) is 47.0 Å². The highest BCUT2D eigenvalue weighted by molar-refractivity contribution is 6.36. The van der Waals surface area contributed by atoms with Crippen molar-refractivity contribution in [2.75, 3.05) is 25.5 Å². The summed E-state index contributed by atoms with van der Waals surface area (Å²) in [6.45, 7) is 2.70. The first kappa shape index (κ1) is 29.5. The van der Waals surface area contributed by atoms with E-state index in [2.05, 4.69) is 15.3 Å². The van der Waals surface area contributed by atoms with E-state index < -0.39 is 23.3 Å². The number of nitrogens with one attached hydrogen (secondary N) is 1. The molecular formula is C32H29ClFN5O5. The van der Waals surface area contributed by atoms with E-state index >= 15 is 4.39 Å². The standard InChI is InChI=1S/C32H29ClFN5O5/c1-16-19(5-4-6-23(16)36-29(40)21-11-12-35-38(2)31(21)41)27-22(34)9-8-20(28(27)33)24-13-17-7-10-25(26(17)30(37-24)44-3)39-14-18(15-39)32(42)43/h4-6,8-9,11-13,18,25H,7,10,14-15H2,1-3H3,(H,36,40)(H,42,43). The Kier molecular flexibility index (Phi) is 7.68. The second-order valence-corrected chi connectivity index (χ2v) is 11.4. The zero-order chi connectivity index (χ0) is 31.3. The van der Waals surface area contributed by atoms with Crippen molar-refractivity contribution in [3.8, 4) is 28.3 Å². The summed E-state index contributed by atoms with van der Waals surface area (Å²) in [4.78, 5) is 43.6. The number of amides is 1. The van der Waals surface area contributed by atoms with Gasteiger partial charge in [0.15, 0.2) is 0 Å². The van der Waals surface area contributed by atoms with Gasteiger partial charge in [-0.3, -0.25) is 19.3 Å². The maximum Gasteiger partial charge on any atom is 0.309 e. The molecule has 1 fully saturated rings. The van der Waals surface area contributed by atoms with Gasteiger partial charge >= 0.3 is 5.97 Å². The lowest BCUT2D eigenvalue weighted by atomic mass is 9.94. The topological polar surface area (TPSA) is 127 Å². The minimum atomic E-state index is -0.788. The number of fused-ring (bicyclic) bond motifs is 1. The predicted octanol–water partition coefficient (Wildman–Crippen LogP) is 4.87. The van der Waals surface area contributed by atoms with E-state index in [-0.39, 0.29) is 28.1 Å². The number of carboxylic acid groups (broad SMARTS) is 1. The van der Waals surface area contributed by atoms with E-state index in [0.717, 1.165) is 28.7 Å². The van der Waals surface area contributed by atoms with E-state index in [1.54, 1.807) is 38.3 Å². The van der Waals surface area contributed by atoms with Gasteiger partial charge in [0.1, 0.15) is 11.4 Å². The van der Waals surface area contributed by atoms with Crippen LogP contribution in [-0.2, 0) is 18.3 Å². The number of aliphatic carboxylic acids is 1. The molecule has 44 heavy (non-hydrogen) atoms. The van der Waals surface area contributed by atoms with Crippen LogP contribution in [0.5, 0.6) is 5.88 Å². The molecule has 1 amide bonds. The number of rotatable bonds is 7. The highest BCUT2D eigenvalue weighted by Crippen LogP contribution is 2.46. The number of ether oxygens (including phenoxy) is 1. The number of methoxy groups -OCH3 is 1. The highest BCUT2D eigenvalue weighted by Gasteiger charge is 2.41. The van der Waals surface area contributed by atoms with Crippen molar-refractivity contribution in [2.45, 2.75) is 25.8 Å². The fraction of sp³-hybridized carbons (Fsp3) is 0.281. The number of carboxylic acids is 1. The molecule has 1 unspecified atom stereocenters. The molecule has 2 aliphatic rings. The Morgan fingerprint density at radius 2 is 1.93 bits per heavy atom. The quantitative estimate of drug-likeness (QED) is 0.301. The Morgan fingerprint density at radius 1 is 1.16 bits per heavy atom. The van der Waals surface area contributed by atoms with Crippen LogP contribution in [0, 0.1) is 18.7 Å². The number of aryl methyl sites for hydroxylation is 2. The Bertz CT molecular complexity index is 1890. The Balaban J connectivity index is 1.35. The van der Waals surface area contributed by atoms with E-state index in [1.165, 1.54) is 25.4 Å². The van der Waals surface area contributed by atoms with Gasteiger partial charge in [0, 0.05) is 54.8 Å². The van der Waals surface area contributed by atoms with Crippen molar-refractivity contribution >= 4 is 29.2 Å². The van der Waals surface area contributed by atoms with E-state index in [9.17, 15) is 19.5 Å². The zero-order valence-corrected chi connectivity index (χ0v) is 25.0. The van der Waals surface area contributed by atoms with Crippen LogP contribution in [0.2, 0.25) is 5.02 Å². The molecule has 226 valence electrons. The molecule has 1 aliphatic heterocycles. The number of carbonyl (C=O) groups is 2. The first-order valence-electron chi connectivity index (χ1n) is 14.1. The molecule has 2 aromatic heterocycles. The monoisotopic (exact) mass is 617 g/mol. The van der Waals surface area contributed by atoms with Gasteiger partial charge in [-0.1, -0.05) is 23.7 Å². The molecule has 0 radical (unpaired) electrons. The number of hydrogen-bond acceptors (Lipinski definition) is 7. The number of halogens is 2. The van der Waals surface area contributed by atoms with Crippen molar-refractivity contribution in [3.05, 3.63) is 92.1 Å². The number of anilines is 1. The van der Waals surface area contributed by atoms with Crippen LogP contribution in [-0.4, -0.2) is 56.8 Å². The molecule has 3 heterocycles. The number of benzene rings is 2. The number of likely N-dealkylation sites (tertiary alicyclic amines) is 1. The number of carbonyl (C=O) groups excluding carboxylic acids is 1. The summed E-state index contributed by atoms with van der Waals surface area (Å²) in [6.07, 6.45) is 2.93. The summed E-state index contributed by atoms with van der Waals surface area (Å²) in [5, 5.41) is 16.0. The number of hydrogen-bond donors (Lipinski definition) is 2. The minimum absolute atomic E-state index is 0.0179. The SMILES string of the molecule is COc1nc(-c2ccc(F)c(-c3cccc(NC(=O)c4ccnn(C)c4=O)c3C)c2Cl)cc2c1C(N1CC(C(=O)O)C1)CC2. The van der Waals surface area contributed by atoms with Crippen LogP contribution in [0.1, 0.15) is 39.5 Å². The van der Waals surface area contributed by atoms with Crippen LogP contribution in [0.25, 0.3) is 22.4 Å². The fourth-order valence-electron chi connectivity index (χ4n) is 6.07. The Labute approximate surface area is 257 Å². The van der Waals surface area contributed by atoms with Gasteiger partial charge in [0.05, 0.1) is 23.7 Å². The third kappa shape index (κ3) is 5.01. The van der Waals surface area contributed by atoms with E-state index in [1.807, 2.05) is 6.07 Å². The molecule has 2 N–H and O–H groups in total. The third-order valence-corrected chi connectivity index (χ3v) is 8.88. The normalized spacial score (nSPS) is 16.3. The smallest absolute Gasteiger partial charge is 0.309 e. The van der Waals surface area contributed by atoms with Gasteiger partial charge in [-0.2, -0.15) is 5.10 Å². The summed E-state index contributed by atoms with van der Waals surface area (Å²) >= 11 is 6.93. The second kappa shape index (κ2) is 11.5. The number of aromatic nitrogens is 3. The molecule has 0 saturated carbocycles. The third-order valence-electron chi connectivity index (χ3n) is 8.49. The molecule has 1 aliphatic carbocycles. The van der Waals surface area contributed by atoms with Crippen molar-refractivity contribution in [3.63, 3.8) is 0 Å². The average molecular weight is 618 g/mol. The van der Waals surface area contributed by atoms with Crippen LogP contribution in [0.15, 0.2) is 53.5 Å². The molecule has 1 saturated heterocycles. The summed E-state index contributed by atoms with van der Waals surface area (Å²) in [7, 11) is 3.00. The lowest BCUT2D eigenvalue weighted by Gasteiger charge is -2.41. The van der Waals surface area contributed by atoms with Gasteiger partial charge in [0.25, 0.3) is 11.5 Å². The largest absolute Gasteiger partial charge is 0.481 e. The summed E-state index contributed by atoms with van der Waals surface area (Å²) < 4.78 is 22.3. The molecule has 1 atom stereocenters. The second-order valence-electron chi connectivity index (χ2n) is 11.0. The van der Waals surface area contributed by atoms with Crippen LogP contribution >= 0.6 is 11.6 Å². The predicted molar refractivity (Wildman–Crippen MR) is 163 cm³/mol. The number of pyridine rings is 1. The van der Waals surface area contributed by atoms with Crippen LogP contribution < -0.4 is 15.6 Å². The molecule has 0 bridgehead atoms. The van der Waals surface area contributed by atoms with Gasteiger partial charge in [-0.15, -0.1) is 0 Å². The summed E-state index contributed by atoms with van der Waals surface area (Å²) in [5.41, 5.74) is 3.96. The van der Waals surface area contributed by atoms with Gasteiger partial charge in [-0.05, 0) is 66.8 Å². The molecule has 12 heteroatoms. The zero-order valence-electron chi connectivity index (χ0n) is 24.2. The summed E-state index contributed by atoms with van der Waals surface area (Å²) in [6, 6.07) is 11.3. The number of nitrogens with zero attached hydrogens (tertiary/aromatic N) is 4. The molecule has 4 aromatic rings. The maximum absolute atomic E-state index is 15.5. The van der Waals surface area contributed by atoms with Crippen LogP contribution in [0.4, 0.5) is 10.1 Å². The highest BCUT2D eigenvalue weighted by atomic mass is 35.5. The Morgan fingerprint density at radius 3 is 2.66 bits per heavy atom. The fourth-order valence-corrected chi connectivity index (χ4v) is 6.42.